The lowest BCUT2D eigenvalue weighted by Crippen LogP contribution is -2.25. The Hall–Kier alpha value is -1.94. The molecule has 1 aromatic heterocycles. The predicted molar refractivity (Wildman–Crippen MR) is 78.6 cm³/mol. The van der Waals surface area contributed by atoms with Crippen LogP contribution >= 0.6 is 0 Å². The monoisotopic (exact) mass is 269 g/mol. The second kappa shape index (κ2) is 6.48. The van der Waals surface area contributed by atoms with Crippen LogP contribution in [0, 0.1) is 0 Å². The van der Waals surface area contributed by atoms with Gasteiger partial charge in [0.1, 0.15) is 18.7 Å². The van der Waals surface area contributed by atoms with Crippen molar-refractivity contribution in [1.29, 1.82) is 0 Å². The molecule has 4 heteroatoms. The number of hydrogen-bond donors (Lipinski definition) is 0. The van der Waals surface area contributed by atoms with Crippen LogP contribution in [0.15, 0.2) is 43.0 Å². The van der Waals surface area contributed by atoms with E-state index in [9.17, 15) is 0 Å². The number of nitrogens with zero attached hydrogens (tertiary/aromatic N) is 3. The van der Waals surface area contributed by atoms with Gasteiger partial charge < -0.3 is 4.74 Å². The van der Waals surface area contributed by atoms with Crippen molar-refractivity contribution in [2.45, 2.75) is 12.8 Å². The molecule has 1 aliphatic heterocycles. The highest BCUT2D eigenvalue weighted by Gasteiger charge is 2.10. The summed E-state index contributed by atoms with van der Waals surface area (Å²) in [4.78, 5) is 10.5. The normalized spacial score (nSPS) is 15.4. The van der Waals surface area contributed by atoms with Crippen LogP contribution in [-0.4, -0.2) is 41.1 Å². The van der Waals surface area contributed by atoms with Crippen LogP contribution in [0.25, 0.3) is 11.1 Å². The fourth-order valence-corrected chi connectivity index (χ4v) is 2.49. The Kier molecular flexibility index (Phi) is 4.23. The van der Waals surface area contributed by atoms with Crippen LogP contribution in [0.2, 0.25) is 0 Å². The fourth-order valence-electron chi connectivity index (χ4n) is 2.49. The van der Waals surface area contributed by atoms with Crippen LogP contribution in [-0.2, 0) is 0 Å². The summed E-state index contributed by atoms with van der Waals surface area (Å²) in [5.41, 5.74) is 2.13. The van der Waals surface area contributed by atoms with Crippen LogP contribution in [0.1, 0.15) is 12.8 Å². The first-order valence-corrected chi connectivity index (χ1v) is 7.12. The number of rotatable bonds is 5. The molecule has 1 aliphatic rings. The minimum Gasteiger partial charge on any atom is -0.492 e. The molecule has 0 unspecified atom stereocenters. The van der Waals surface area contributed by atoms with Crippen LogP contribution in [0.5, 0.6) is 5.75 Å². The highest BCUT2D eigenvalue weighted by atomic mass is 16.5. The zero-order valence-electron chi connectivity index (χ0n) is 11.5. The average molecular weight is 269 g/mol. The first-order valence-electron chi connectivity index (χ1n) is 7.12. The van der Waals surface area contributed by atoms with Gasteiger partial charge in [0.25, 0.3) is 0 Å². The summed E-state index contributed by atoms with van der Waals surface area (Å²) < 4.78 is 5.79. The SMILES string of the molecule is c1ncc(-c2ccc(OCCN3CCCC3)cc2)cn1. The van der Waals surface area contributed by atoms with Crippen LogP contribution < -0.4 is 4.74 Å². The average Bonchev–Trinajstić information content (AvgIpc) is 3.02. The van der Waals surface area contributed by atoms with E-state index in [-0.39, 0.29) is 0 Å². The van der Waals surface area contributed by atoms with Gasteiger partial charge in [-0.15, -0.1) is 0 Å². The molecule has 0 N–H and O–H groups in total. The van der Waals surface area contributed by atoms with E-state index in [4.69, 9.17) is 4.74 Å². The first-order chi connectivity index (χ1) is 9.92. The summed E-state index contributed by atoms with van der Waals surface area (Å²) in [6.45, 7) is 4.22. The van der Waals surface area contributed by atoms with Gasteiger partial charge in [-0.3, -0.25) is 4.90 Å². The fraction of sp³-hybridized carbons (Fsp3) is 0.375. The van der Waals surface area contributed by atoms with Crippen molar-refractivity contribution in [2.24, 2.45) is 0 Å². The molecule has 1 aromatic carbocycles. The molecule has 2 heterocycles. The first kappa shape index (κ1) is 13.1. The number of likely N-dealkylation sites (tertiary alicyclic amines) is 1. The molecule has 0 radical (unpaired) electrons. The molecule has 0 saturated carbocycles. The van der Waals surface area contributed by atoms with Gasteiger partial charge in [-0.2, -0.15) is 0 Å². The lowest BCUT2D eigenvalue weighted by atomic mass is 10.1. The van der Waals surface area contributed by atoms with Crippen molar-refractivity contribution in [2.75, 3.05) is 26.2 Å². The van der Waals surface area contributed by atoms with Gasteiger partial charge >= 0.3 is 0 Å². The smallest absolute Gasteiger partial charge is 0.119 e. The van der Waals surface area contributed by atoms with E-state index in [2.05, 4.69) is 14.9 Å². The van der Waals surface area contributed by atoms with Crippen molar-refractivity contribution >= 4 is 0 Å². The minimum absolute atomic E-state index is 0.758. The van der Waals surface area contributed by atoms with Crippen molar-refractivity contribution in [3.05, 3.63) is 43.0 Å². The maximum Gasteiger partial charge on any atom is 0.119 e. The van der Waals surface area contributed by atoms with Gasteiger partial charge in [-0.25, -0.2) is 9.97 Å². The van der Waals surface area contributed by atoms with Crippen molar-refractivity contribution in [3.8, 4) is 16.9 Å². The Labute approximate surface area is 119 Å². The van der Waals surface area contributed by atoms with Gasteiger partial charge in [-0.05, 0) is 43.6 Å². The lowest BCUT2D eigenvalue weighted by molar-refractivity contribution is 0.238. The quantitative estimate of drug-likeness (QED) is 0.836. The Morgan fingerprint density at radius 3 is 2.35 bits per heavy atom. The summed E-state index contributed by atoms with van der Waals surface area (Å²) in [5, 5.41) is 0. The van der Waals surface area contributed by atoms with Crippen LogP contribution in [0.3, 0.4) is 0 Å². The molecule has 2 aromatic rings. The molecule has 0 spiro atoms. The number of aromatic nitrogens is 2. The molecule has 1 fully saturated rings. The third-order valence-corrected chi connectivity index (χ3v) is 3.62. The van der Waals surface area contributed by atoms with Crippen molar-refractivity contribution in [1.82, 2.24) is 14.9 Å². The Morgan fingerprint density at radius 1 is 0.950 bits per heavy atom. The van der Waals surface area contributed by atoms with Crippen LogP contribution in [0.4, 0.5) is 0 Å². The van der Waals surface area contributed by atoms with Crippen molar-refractivity contribution < 1.29 is 4.74 Å². The zero-order valence-corrected chi connectivity index (χ0v) is 11.5. The van der Waals surface area contributed by atoms with Gasteiger partial charge in [0, 0.05) is 24.5 Å². The maximum atomic E-state index is 5.79. The predicted octanol–water partition coefficient (Wildman–Crippen LogP) is 2.62. The minimum atomic E-state index is 0.758. The van der Waals surface area contributed by atoms with E-state index < -0.39 is 0 Å². The Morgan fingerprint density at radius 2 is 1.65 bits per heavy atom. The second-order valence-electron chi connectivity index (χ2n) is 5.05. The largest absolute Gasteiger partial charge is 0.492 e. The molecular weight excluding hydrogens is 250 g/mol. The van der Waals surface area contributed by atoms with E-state index >= 15 is 0 Å². The Bertz CT molecular complexity index is 521. The van der Waals surface area contributed by atoms with Gasteiger partial charge in [0.2, 0.25) is 0 Å². The second-order valence-corrected chi connectivity index (χ2v) is 5.05. The van der Waals surface area contributed by atoms with E-state index in [1.54, 1.807) is 6.33 Å². The molecule has 0 bridgehead atoms. The summed E-state index contributed by atoms with van der Waals surface area (Å²) in [6, 6.07) is 8.10. The molecule has 0 amide bonds. The van der Waals surface area contributed by atoms with E-state index in [0.29, 0.717) is 0 Å². The van der Waals surface area contributed by atoms with Gasteiger partial charge in [0.15, 0.2) is 0 Å². The number of ether oxygens (including phenoxy) is 1. The Balaban J connectivity index is 1.53. The highest BCUT2D eigenvalue weighted by molar-refractivity contribution is 5.62. The molecular formula is C16H19N3O. The molecule has 4 nitrogen and oxygen atoms in total. The van der Waals surface area contributed by atoms with Gasteiger partial charge in [-0.1, -0.05) is 12.1 Å². The van der Waals surface area contributed by atoms with Crippen molar-refractivity contribution in [3.63, 3.8) is 0 Å². The molecule has 0 atom stereocenters. The number of benzene rings is 1. The summed E-state index contributed by atoms with van der Waals surface area (Å²) in [7, 11) is 0. The van der Waals surface area contributed by atoms with E-state index in [1.165, 1.54) is 25.9 Å². The lowest BCUT2D eigenvalue weighted by Gasteiger charge is -2.15. The number of hydrogen-bond acceptors (Lipinski definition) is 4. The molecule has 0 aliphatic carbocycles. The van der Waals surface area contributed by atoms with E-state index in [0.717, 1.165) is 30.0 Å². The molecule has 20 heavy (non-hydrogen) atoms. The third-order valence-electron chi connectivity index (χ3n) is 3.62. The van der Waals surface area contributed by atoms with E-state index in [1.807, 2.05) is 36.7 Å². The van der Waals surface area contributed by atoms with Gasteiger partial charge in [0.05, 0.1) is 0 Å². The zero-order chi connectivity index (χ0) is 13.6. The summed E-state index contributed by atoms with van der Waals surface area (Å²) in [5.74, 6) is 0.921. The topological polar surface area (TPSA) is 38.2 Å². The standard InChI is InChI=1S/C16H19N3O/c1-2-8-19(7-1)9-10-20-16-5-3-14(4-6-16)15-11-17-13-18-12-15/h3-6,11-13H,1-2,7-10H2. The third kappa shape index (κ3) is 3.33. The summed E-state index contributed by atoms with van der Waals surface area (Å²) in [6.07, 6.45) is 7.83. The molecule has 3 rings (SSSR count). The highest BCUT2D eigenvalue weighted by Crippen LogP contribution is 2.20. The maximum absolute atomic E-state index is 5.79. The molecule has 104 valence electrons. The summed E-state index contributed by atoms with van der Waals surface area (Å²) >= 11 is 0. The molecule has 1 saturated heterocycles.